The minimum absolute atomic E-state index is 0.503. The van der Waals surface area contributed by atoms with E-state index in [0.717, 1.165) is 28.8 Å². The van der Waals surface area contributed by atoms with E-state index in [2.05, 4.69) is 17.1 Å². The fourth-order valence-corrected chi connectivity index (χ4v) is 2.94. The number of halogens is 1. The maximum atomic E-state index is 5.82. The number of aromatic nitrogens is 2. The van der Waals surface area contributed by atoms with Crippen molar-refractivity contribution in [1.29, 1.82) is 0 Å². The smallest absolute Gasteiger partial charge is 0.167 e. The van der Waals surface area contributed by atoms with E-state index in [9.17, 15) is 0 Å². The van der Waals surface area contributed by atoms with E-state index < -0.39 is 0 Å². The number of ether oxygens (including phenoxy) is 1. The summed E-state index contributed by atoms with van der Waals surface area (Å²) in [4.78, 5) is 4.37. The molecule has 0 aliphatic heterocycles. The summed E-state index contributed by atoms with van der Waals surface area (Å²) in [6, 6.07) is 8.18. The van der Waals surface area contributed by atoms with Gasteiger partial charge >= 0.3 is 0 Å². The molecule has 0 aliphatic rings. The Kier molecular flexibility index (Phi) is 5.16. The van der Waals surface area contributed by atoms with Crippen LogP contribution in [-0.2, 0) is 19.3 Å². The summed E-state index contributed by atoms with van der Waals surface area (Å²) in [5.74, 6) is 2.40. The summed E-state index contributed by atoms with van der Waals surface area (Å²) in [6.07, 6.45) is 2.85. The highest BCUT2D eigenvalue weighted by atomic mass is 35.5. The molecule has 1 aromatic carbocycles. The molecule has 0 aliphatic carbocycles. The maximum Gasteiger partial charge on any atom is 0.167 e. The van der Waals surface area contributed by atoms with E-state index in [1.54, 1.807) is 18.9 Å². The van der Waals surface area contributed by atoms with Crippen LogP contribution in [0.4, 0.5) is 0 Å². The molecule has 0 bridgehead atoms. The lowest BCUT2D eigenvalue weighted by Gasteiger charge is -2.05. The highest BCUT2D eigenvalue weighted by molar-refractivity contribution is 7.99. The molecular formula is C14H17ClN2OS. The third-order valence-corrected chi connectivity index (χ3v) is 4.28. The van der Waals surface area contributed by atoms with Crippen molar-refractivity contribution < 1.29 is 4.74 Å². The summed E-state index contributed by atoms with van der Waals surface area (Å²) in [5.41, 5.74) is 2.36. The quantitative estimate of drug-likeness (QED) is 0.603. The molecular weight excluding hydrogens is 280 g/mol. The average molecular weight is 297 g/mol. The third-order valence-electron chi connectivity index (χ3n) is 2.96. The zero-order valence-corrected chi connectivity index (χ0v) is 12.7. The lowest BCUT2D eigenvalue weighted by Crippen LogP contribution is -1.97. The minimum atomic E-state index is 0.503. The van der Waals surface area contributed by atoms with E-state index in [-0.39, 0.29) is 0 Å². The predicted octanol–water partition coefficient (Wildman–Crippen LogP) is 3.50. The molecule has 5 heteroatoms. The van der Waals surface area contributed by atoms with Gasteiger partial charge in [0, 0.05) is 12.8 Å². The molecule has 3 nitrogen and oxygen atoms in total. The monoisotopic (exact) mass is 296 g/mol. The lowest BCUT2D eigenvalue weighted by molar-refractivity contribution is 0.414. The topological polar surface area (TPSA) is 27.1 Å². The molecule has 0 radical (unpaired) electrons. The molecule has 1 aromatic heterocycles. The Hall–Kier alpha value is -1.13. The normalized spacial score (nSPS) is 10.7. The highest BCUT2D eigenvalue weighted by Crippen LogP contribution is 2.20. The summed E-state index contributed by atoms with van der Waals surface area (Å²) < 4.78 is 7.19. The molecule has 1 heterocycles. The second-order valence-electron chi connectivity index (χ2n) is 4.17. The number of thioether (sulfide) groups is 1. The van der Waals surface area contributed by atoms with Gasteiger partial charge in [-0.1, -0.05) is 23.9 Å². The standard InChI is InChI=1S/C14H17ClN2OS/c1-17-12(9-15)10-16-14(17)19-8-7-11-3-5-13(18-2)6-4-11/h3-6,10H,7-9H2,1-2H3. The number of nitrogens with zero attached hydrogens (tertiary/aromatic N) is 2. The van der Waals surface area contributed by atoms with Crippen molar-refractivity contribution in [2.24, 2.45) is 7.05 Å². The molecule has 0 saturated carbocycles. The van der Waals surface area contributed by atoms with Crippen LogP contribution in [0.25, 0.3) is 0 Å². The largest absolute Gasteiger partial charge is 0.497 e. The Labute approximate surface area is 122 Å². The van der Waals surface area contributed by atoms with Crippen LogP contribution >= 0.6 is 23.4 Å². The van der Waals surface area contributed by atoms with Crippen molar-refractivity contribution in [1.82, 2.24) is 9.55 Å². The van der Waals surface area contributed by atoms with Gasteiger partial charge in [0.1, 0.15) is 5.75 Å². The van der Waals surface area contributed by atoms with Crippen molar-refractivity contribution in [3.8, 4) is 5.75 Å². The van der Waals surface area contributed by atoms with E-state index in [0.29, 0.717) is 5.88 Å². The van der Waals surface area contributed by atoms with E-state index in [1.807, 2.05) is 29.9 Å². The first-order valence-corrected chi connectivity index (χ1v) is 7.59. The van der Waals surface area contributed by atoms with Crippen LogP contribution in [0.2, 0.25) is 0 Å². The number of imidazole rings is 1. The summed E-state index contributed by atoms with van der Waals surface area (Å²) in [7, 11) is 3.68. The second-order valence-corrected chi connectivity index (χ2v) is 5.50. The molecule has 19 heavy (non-hydrogen) atoms. The molecule has 0 atom stereocenters. The molecule has 0 fully saturated rings. The van der Waals surface area contributed by atoms with Crippen LogP contribution in [-0.4, -0.2) is 22.4 Å². The fourth-order valence-electron chi connectivity index (χ4n) is 1.74. The first-order valence-electron chi connectivity index (χ1n) is 6.07. The summed E-state index contributed by atoms with van der Waals surface area (Å²) in [6.45, 7) is 0. The first kappa shape index (κ1) is 14.3. The SMILES string of the molecule is COc1ccc(CCSc2ncc(CCl)n2C)cc1. The Balaban J connectivity index is 1.87. The van der Waals surface area contributed by atoms with Gasteiger partial charge in [-0.3, -0.25) is 0 Å². The van der Waals surface area contributed by atoms with Gasteiger partial charge in [-0.15, -0.1) is 11.6 Å². The molecule has 0 N–H and O–H groups in total. The van der Waals surface area contributed by atoms with Crippen LogP contribution in [0.5, 0.6) is 5.75 Å². The molecule has 2 rings (SSSR count). The zero-order valence-electron chi connectivity index (χ0n) is 11.1. The van der Waals surface area contributed by atoms with Gasteiger partial charge in [0.2, 0.25) is 0 Å². The Morgan fingerprint density at radius 2 is 2.05 bits per heavy atom. The van der Waals surface area contributed by atoms with E-state index >= 15 is 0 Å². The van der Waals surface area contributed by atoms with Gasteiger partial charge < -0.3 is 9.30 Å². The fraction of sp³-hybridized carbons (Fsp3) is 0.357. The van der Waals surface area contributed by atoms with Crippen LogP contribution in [0.15, 0.2) is 35.6 Å². The molecule has 0 saturated heterocycles. The zero-order chi connectivity index (χ0) is 13.7. The van der Waals surface area contributed by atoms with Crippen LogP contribution in [0, 0.1) is 0 Å². The van der Waals surface area contributed by atoms with Gasteiger partial charge in [-0.2, -0.15) is 0 Å². The highest BCUT2D eigenvalue weighted by Gasteiger charge is 2.05. The molecule has 0 unspecified atom stereocenters. The number of alkyl halides is 1. The van der Waals surface area contributed by atoms with Crippen molar-refractivity contribution in [2.75, 3.05) is 12.9 Å². The molecule has 2 aromatic rings. The Morgan fingerprint density at radius 3 is 2.63 bits per heavy atom. The van der Waals surface area contributed by atoms with Gasteiger partial charge in [0.05, 0.1) is 24.9 Å². The Bertz CT molecular complexity index is 525. The van der Waals surface area contributed by atoms with Gasteiger partial charge in [-0.25, -0.2) is 4.98 Å². The van der Waals surface area contributed by atoms with Crippen molar-refractivity contribution >= 4 is 23.4 Å². The maximum absolute atomic E-state index is 5.82. The van der Waals surface area contributed by atoms with Crippen LogP contribution in [0.1, 0.15) is 11.3 Å². The number of aryl methyl sites for hydroxylation is 1. The molecule has 0 amide bonds. The average Bonchev–Trinajstić information content (AvgIpc) is 2.80. The number of benzene rings is 1. The van der Waals surface area contributed by atoms with Crippen LogP contribution in [0.3, 0.4) is 0 Å². The number of rotatable bonds is 6. The minimum Gasteiger partial charge on any atom is -0.497 e. The van der Waals surface area contributed by atoms with E-state index in [4.69, 9.17) is 16.3 Å². The molecule has 0 spiro atoms. The lowest BCUT2D eigenvalue weighted by atomic mass is 10.2. The van der Waals surface area contributed by atoms with Crippen molar-refractivity contribution in [3.63, 3.8) is 0 Å². The van der Waals surface area contributed by atoms with Gasteiger partial charge in [0.25, 0.3) is 0 Å². The van der Waals surface area contributed by atoms with Gasteiger partial charge in [0.15, 0.2) is 5.16 Å². The number of methoxy groups -OCH3 is 1. The Morgan fingerprint density at radius 1 is 1.32 bits per heavy atom. The van der Waals surface area contributed by atoms with Crippen LogP contribution < -0.4 is 4.74 Å². The molecule has 102 valence electrons. The summed E-state index contributed by atoms with van der Waals surface area (Å²) >= 11 is 7.57. The van der Waals surface area contributed by atoms with Gasteiger partial charge in [-0.05, 0) is 24.1 Å². The number of hydrogen-bond donors (Lipinski definition) is 0. The first-order chi connectivity index (χ1) is 9.24. The third kappa shape index (κ3) is 3.67. The number of hydrogen-bond acceptors (Lipinski definition) is 3. The summed E-state index contributed by atoms with van der Waals surface area (Å²) in [5, 5.41) is 1.02. The van der Waals surface area contributed by atoms with E-state index in [1.165, 1.54) is 5.56 Å². The predicted molar refractivity (Wildman–Crippen MR) is 80.2 cm³/mol. The van der Waals surface area contributed by atoms with Crippen molar-refractivity contribution in [2.45, 2.75) is 17.5 Å². The van der Waals surface area contributed by atoms with Crippen molar-refractivity contribution in [3.05, 3.63) is 41.7 Å². The second kappa shape index (κ2) is 6.87.